The van der Waals surface area contributed by atoms with Gasteiger partial charge in [-0.1, -0.05) is 172 Å². The molecule has 258 valence electrons. The van der Waals surface area contributed by atoms with E-state index >= 15 is 0 Å². The fraction of sp³-hybridized carbons (Fsp3) is 0.0545. The number of rotatable bonds is 4. The lowest BCUT2D eigenvalue weighted by Crippen LogP contribution is -2.15. The molecular weight excluding hydrogens is 661 g/mol. The van der Waals surface area contributed by atoms with Crippen molar-refractivity contribution in [1.82, 2.24) is 0 Å². The van der Waals surface area contributed by atoms with E-state index in [1.54, 1.807) is 0 Å². The molecule has 0 N–H and O–H groups in total. The van der Waals surface area contributed by atoms with Gasteiger partial charge in [0.2, 0.25) is 0 Å². The summed E-state index contributed by atoms with van der Waals surface area (Å²) < 4.78 is 0. The lowest BCUT2D eigenvalue weighted by Gasteiger charge is -2.22. The highest BCUT2D eigenvalue weighted by atomic mass is 14.4. The molecule has 10 aromatic carbocycles. The van der Waals surface area contributed by atoms with Crippen molar-refractivity contribution in [2.24, 2.45) is 0 Å². The molecule has 0 bridgehead atoms. The van der Waals surface area contributed by atoms with E-state index in [-0.39, 0.29) is 5.41 Å². The van der Waals surface area contributed by atoms with Gasteiger partial charge < -0.3 is 0 Å². The third-order valence-corrected chi connectivity index (χ3v) is 12.2. The van der Waals surface area contributed by atoms with Gasteiger partial charge in [0, 0.05) is 5.41 Å². The van der Waals surface area contributed by atoms with Crippen LogP contribution in [-0.4, -0.2) is 0 Å². The zero-order chi connectivity index (χ0) is 36.7. The molecule has 0 saturated carbocycles. The molecule has 0 atom stereocenters. The Morgan fingerprint density at radius 2 is 0.764 bits per heavy atom. The molecule has 0 spiro atoms. The average Bonchev–Trinajstić information content (AvgIpc) is 3.47. The van der Waals surface area contributed by atoms with Gasteiger partial charge in [-0.05, 0) is 146 Å². The Bertz CT molecular complexity index is 3160. The summed E-state index contributed by atoms with van der Waals surface area (Å²) in [6.07, 6.45) is 0. The summed E-state index contributed by atoms with van der Waals surface area (Å²) in [7, 11) is 0. The predicted octanol–water partition coefficient (Wildman–Crippen LogP) is 15.3. The Hall–Kier alpha value is -6.76. The lowest BCUT2D eigenvalue weighted by molar-refractivity contribution is 0.661. The smallest absolute Gasteiger partial charge is 0.0159 e. The normalized spacial score (nSPS) is 13.1. The summed E-state index contributed by atoms with van der Waals surface area (Å²) in [4.78, 5) is 0. The van der Waals surface area contributed by atoms with Gasteiger partial charge in [-0.2, -0.15) is 0 Å². The second-order valence-electron chi connectivity index (χ2n) is 15.7. The first kappa shape index (κ1) is 31.7. The molecule has 0 aliphatic heterocycles. The van der Waals surface area contributed by atoms with Crippen LogP contribution in [-0.2, 0) is 5.41 Å². The van der Waals surface area contributed by atoms with E-state index in [0.29, 0.717) is 0 Å². The Kier molecular flexibility index (Phi) is 7.00. The Morgan fingerprint density at radius 1 is 0.273 bits per heavy atom. The SMILES string of the molecule is CC1(C)c2cc(-c3ccccc3)ccc2-c2ccc(-c3ccc4cc(-c5cccc(-c6cc7ccc8ccccc8c7c7ccccc67)c5)ccc4c3)cc21. The summed E-state index contributed by atoms with van der Waals surface area (Å²) in [6, 6.07) is 72.2. The Labute approximate surface area is 322 Å². The van der Waals surface area contributed by atoms with Gasteiger partial charge in [-0.3, -0.25) is 0 Å². The molecule has 1 aliphatic rings. The molecule has 0 fully saturated rings. The van der Waals surface area contributed by atoms with E-state index in [0.717, 1.165) is 0 Å². The van der Waals surface area contributed by atoms with Crippen molar-refractivity contribution in [2.45, 2.75) is 19.3 Å². The van der Waals surface area contributed by atoms with Gasteiger partial charge in [0.05, 0.1) is 0 Å². The summed E-state index contributed by atoms with van der Waals surface area (Å²) in [5.74, 6) is 0. The quantitative estimate of drug-likeness (QED) is 0.161. The topological polar surface area (TPSA) is 0 Å². The molecule has 10 aromatic rings. The fourth-order valence-corrected chi connectivity index (χ4v) is 9.32. The molecule has 0 radical (unpaired) electrons. The second kappa shape index (κ2) is 12.1. The molecule has 11 rings (SSSR count). The minimum atomic E-state index is -0.0841. The molecule has 0 heterocycles. The van der Waals surface area contributed by atoms with Crippen LogP contribution >= 0.6 is 0 Å². The van der Waals surface area contributed by atoms with Crippen LogP contribution in [0.25, 0.3) is 98.7 Å². The molecule has 0 amide bonds. The van der Waals surface area contributed by atoms with E-state index in [1.165, 1.54) is 110 Å². The van der Waals surface area contributed by atoms with Crippen LogP contribution in [0.3, 0.4) is 0 Å². The lowest BCUT2D eigenvalue weighted by atomic mass is 9.81. The molecule has 55 heavy (non-hydrogen) atoms. The maximum atomic E-state index is 2.43. The van der Waals surface area contributed by atoms with Crippen molar-refractivity contribution in [1.29, 1.82) is 0 Å². The van der Waals surface area contributed by atoms with Crippen molar-refractivity contribution >= 4 is 43.1 Å². The van der Waals surface area contributed by atoms with Crippen LogP contribution in [0.4, 0.5) is 0 Å². The Balaban J connectivity index is 0.935. The van der Waals surface area contributed by atoms with E-state index in [1.807, 2.05) is 0 Å². The summed E-state index contributed by atoms with van der Waals surface area (Å²) >= 11 is 0. The minimum Gasteiger partial charge on any atom is -0.0622 e. The summed E-state index contributed by atoms with van der Waals surface area (Å²) in [6.45, 7) is 4.74. The predicted molar refractivity (Wildman–Crippen MR) is 236 cm³/mol. The van der Waals surface area contributed by atoms with Crippen LogP contribution in [0, 0.1) is 0 Å². The molecule has 0 unspecified atom stereocenters. The molecular formula is C55H38. The van der Waals surface area contributed by atoms with Crippen molar-refractivity contribution in [3.63, 3.8) is 0 Å². The first-order valence-corrected chi connectivity index (χ1v) is 19.3. The van der Waals surface area contributed by atoms with Gasteiger partial charge in [-0.15, -0.1) is 0 Å². The monoisotopic (exact) mass is 698 g/mol. The van der Waals surface area contributed by atoms with Gasteiger partial charge in [0.1, 0.15) is 0 Å². The van der Waals surface area contributed by atoms with Crippen molar-refractivity contribution in [3.8, 4) is 55.6 Å². The largest absolute Gasteiger partial charge is 0.0622 e. The number of hydrogen-bond donors (Lipinski definition) is 0. The average molecular weight is 699 g/mol. The van der Waals surface area contributed by atoms with Crippen molar-refractivity contribution < 1.29 is 0 Å². The highest BCUT2D eigenvalue weighted by Crippen LogP contribution is 2.51. The number of fused-ring (bicyclic) bond motifs is 9. The van der Waals surface area contributed by atoms with Crippen LogP contribution in [0.2, 0.25) is 0 Å². The van der Waals surface area contributed by atoms with E-state index in [4.69, 9.17) is 0 Å². The molecule has 0 heteroatoms. The van der Waals surface area contributed by atoms with E-state index in [2.05, 4.69) is 208 Å². The molecule has 0 saturated heterocycles. The third kappa shape index (κ3) is 5.06. The van der Waals surface area contributed by atoms with Crippen LogP contribution in [0.5, 0.6) is 0 Å². The van der Waals surface area contributed by atoms with Crippen LogP contribution in [0.15, 0.2) is 194 Å². The maximum absolute atomic E-state index is 2.43. The van der Waals surface area contributed by atoms with Crippen LogP contribution < -0.4 is 0 Å². The third-order valence-electron chi connectivity index (χ3n) is 12.2. The van der Waals surface area contributed by atoms with Gasteiger partial charge in [-0.25, -0.2) is 0 Å². The standard InChI is InChI=1S/C55H38/c1-55(2)52-33-42(35-11-4-3-5-12-35)25-27-48(52)49-28-26-43(34-53(49)55)41-23-22-39-29-38(20-21-40(39)30-41)37-14-10-15-44(31-37)51-32-45-24-19-36-13-6-7-16-46(36)54(45)50-18-9-8-17-47(50)51/h3-34H,1-2H3. The molecule has 0 aromatic heterocycles. The fourth-order valence-electron chi connectivity index (χ4n) is 9.32. The first-order valence-electron chi connectivity index (χ1n) is 19.3. The number of benzene rings is 10. The van der Waals surface area contributed by atoms with Crippen molar-refractivity contribution in [3.05, 3.63) is 205 Å². The second-order valence-corrected chi connectivity index (χ2v) is 15.7. The highest BCUT2D eigenvalue weighted by molar-refractivity contribution is 6.23. The van der Waals surface area contributed by atoms with E-state index in [9.17, 15) is 0 Å². The molecule has 0 nitrogen and oxygen atoms in total. The van der Waals surface area contributed by atoms with Crippen molar-refractivity contribution in [2.75, 3.05) is 0 Å². The van der Waals surface area contributed by atoms with Gasteiger partial charge in [0.15, 0.2) is 0 Å². The number of hydrogen-bond acceptors (Lipinski definition) is 0. The minimum absolute atomic E-state index is 0.0841. The molecule has 1 aliphatic carbocycles. The maximum Gasteiger partial charge on any atom is 0.0159 e. The zero-order valence-electron chi connectivity index (χ0n) is 31.0. The summed E-state index contributed by atoms with van der Waals surface area (Å²) in [5, 5.41) is 10.3. The van der Waals surface area contributed by atoms with Gasteiger partial charge in [0.25, 0.3) is 0 Å². The Morgan fingerprint density at radius 3 is 1.47 bits per heavy atom. The summed E-state index contributed by atoms with van der Waals surface area (Å²) in [5.41, 5.74) is 15.4. The zero-order valence-corrected chi connectivity index (χ0v) is 31.0. The van der Waals surface area contributed by atoms with Gasteiger partial charge >= 0.3 is 0 Å². The van der Waals surface area contributed by atoms with Crippen LogP contribution in [0.1, 0.15) is 25.0 Å². The van der Waals surface area contributed by atoms with E-state index < -0.39 is 0 Å². The first-order chi connectivity index (χ1) is 27.0. The highest BCUT2D eigenvalue weighted by Gasteiger charge is 2.35.